The largest absolute Gasteiger partial charge is 0.299 e. The summed E-state index contributed by atoms with van der Waals surface area (Å²) in [4.78, 5) is 13.9. The molecular weight excluding hydrogens is 342 g/mol. The predicted molar refractivity (Wildman–Crippen MR) is 71.8 cm³/mol. The maximum atomic E-state index is 11.9. The van der Waals surface area contributed by atoms with Gasteiger partial charge >= 0.3 is 0 Å². The van der Waals surface area contributed by atoms with Crippen LogP contribution in [0.15, 0.2) is 13.6 Å². The van der Waals surface area contributed by atoms with Gasteiger partial charge in [-0.3, -0.25) is 9.69 Å². The van der Waals surface area contributed by atoms with E-state index < -0.39 is 0 Å². The molecular formula is C10H13Br2NOS. The zero-order valence-electron chi connectivity index (χ0n) is 8.72. The molecule has 0 unspecified atom stereocenters. The minimum absolute atomic E-state index is 0.166. The fourth-order valence-electron chi connectivity index (χ4n) is 1.32. The number of carbonyl (C=O) groups is 1. The molecule has 0 spiro atoms. The summed E-state index contributed by atoms with van der Waals surface area (Å²) in [5, 5.41) is 0. The van der Waals surface area contributed by atoms with Gasteiger partial charge in [-0.2, -0.15) is 0 Å². The average molecular weight is 355 g/mol. The fourth-order valence-corrected chi connectivity index (χ4v) is 4.18. The average Bonchev–Trinajstić information content (AvgIpc) is 2.45. The van der Waals surface area contributed by atoms with Crippen LogP contribution in [-0.2, 0) is 0 Å². The molecule has 0 aliphatic carbocycles. The second kappa shape index (κ2) is 6.13. The summed E-state index contributed by atoms with van der Waals surface area (Å²) in [5.41, 5.74) is 0.773. The molecule has 1 aromatic rings. The number of nitrogens with zero attached hydrogens (tertiary/aromatic N) is 1. The quantitative estimate of drug-likeness (QED) is 0.749. The number of hydrogen-bond acceptors (Lipinski definition) is 3. The minimum Gasteiger partial charge on any atom is -0.299 e. The smallest absolute Gasteiger partial charge is 0.178 e. The van der Waals surface area contributed by atoms with Crippen LogP contribution in [0.5, 0.6) is 0 Å². The summed E-state index contributed by atoms with van der Waals surface area (Å²) in [6.45, 7) is 3.54. The molecule has 0 saturated carbocycles. The summed E-state index contributed by atoms with van der Waals surface area (Å²) in [7, 11) is 1.97. The first-order valence-electron chi connectivity index (χ1n) is 4.71. The lowest BCUT2D eigenvalue weighted by atomic mass is 10.2. The summed E-state index contributed by atoms with van der Waals surface area (Å²) in [6, 6.07) is 1.87. The van der Waals surface area contributed by atoms with Crippen molar-refractivity contribution in [3.63, 3.8) is 0 Å². The van der Waals surface area contributed by atoms with E-state index in [-0.39, 0.29) is 5.78 Å². The number of Topliss-reactive ketones (excluding diaryl/α,β-unsaturated/α-hetero) is 1. The molecule has 0 radical (unpaired) electrons. The number of carbonyl (C=O) groups excluding carboxylic acids is 1. The zero-order valence-corrected chi connectivity index (χ0v) is 12.7. The molecule has 0 saturated heterocycles. The number of ketones is 1. The van der Waals surface area contributed by atoms with Gasteiger partial charge in [-0.05, 0) is 57.9 Å². The molecule has 0 aliphatic rings. The van der Waals surface area contributed by atoms with Crippen LogP contribution >= 0.6 is 43.2 Å². The van der Waals surface area contributed by atoms with E-state index in [1.54, 1.807) is 0 Å². The molecule has 15 heavy (non-hydrogen) atoms. The van der Waals surface area contributed by atoms with E-state index in [1.165, 1.54) is 11.3 Å². The lowest BCUT2D eigenvalue weighted by Crippen LogP contribution is -2.26. The molecule has 0 aliphatic heterocycles. The van der Waals surface area contributed by atoms with Crippen LogP contribution in [0.25, 0.3) is 0 Å². The van der Waals surface area contributed by atoms with Crippen molar-refractivity contribution in [1.29, 1.82) is 0 Å². The molecule has 0 atom stereocenters. The second-order valence-electron chi connectivity index (χ2n) is 3.40. The highest BCUT2D eigenvalue weighted by molar-refractivity contribution is 9.12. The first kappa shape index (κ1) is 13.4. The highest BCUT2D eigenvalue weighted by atomic mass is 79.9. The number of rotatable bonds is 5. The summed E-state index contributed by atoms with van der Waals surface area (Å²) < 4.78 is 1.89. The standard InChI is InChI=1S/C10H13Br2NOS/c1-3-4-13(2)6-8(14)7-5-9(11)15-10(7)12/h5H,3-4,6H2,1-2H3. The van der Waals surface area contributed by atoms with Gasteiger partial charge in [-0.25, -0.2) is 0 Å². The summed E-state index contributed by atoms with van der Waals surface area (Å²) in [6.07, 6.45) is 1.07. The first-order valence-corrected chi connectivity index (χ1v) is 7.11. The van der Waals surface area contributed by atoms with Crippen molar-refractivity contribution >= 4 is 49.0 Å². The third-order valence-corrected chi connectivity index (χ3v) is 4.32. The minimum atomic E-state index is 0.166. The van der Waals surface area contributed by atoms with Gasteiger partial charge in [0.05, 0.1) is 14.1 Å². The van der Waals surface area contributed by atoms with Crippen LogP contribution < -0.4 is 0 Å². The Balaban J connectivity index is 2.65. The Kier molecular flexibility index (Phi) is 5.46. The first-order chi connectivity index (χ1) is 7.04. The van der Waals surface area contributed by atoms with Crippen LogP contribution in [0.4, 0.5) is 0 Å². The van der Waals surface area contributed by atoms with E-state index in [2.05, 4.69) is 38.8 Å². The van der Waals surface area contributed by atoms with Crippen LogP contribution in [-0.4, -0.2) is 30.8 Å². The van der Waals surface area contributed by atoms with Gasteiger partial charge in [0.1, 0.15) is 0 Å². The SMILES string of the molecule is CCCN(C)CC(=O)c1cc(Br)sc1Br. The van der Waals surface area contributed by atoms with E-state index in [9.17, 15) is 4.79 Å². The molecule has 84 valence electrons. The Morgan fingerprint density at radius 2 is 2.20 bits per heavy atom. The fraction of sp³-hybridized carbons (Fsp3) is 0.500. The van der Waals surface area contributed by atoms with Crippen LogP contribution in [0, 0.1) is 0 Å². The third kappa shape index (κ3) is 3.98. The van der Waals surface area contributed by atoms with Crippen molar-refractivity contribution in [2.45, 2.75) is 13.3 Å². The molecule has 2 nitrogen and oxygen atoms in total. The summed E-state index contributed by atoms with van der Waals surface area (Å²) in [5.74, 6) is 0.166. The highest BCUT2D eigenvalue weighted by Gasteiger charge is 2.14. The molecule has 0 N–H and O–H groups in total. The maximum Gasteiger partial charge on any atom is 0.178 e. The molecule has 1 rings (SSSR count). The number of likely N-dealkylation sites (N-methyl/N-ethyl adjacent to an activating group) is 1. The van der Waals surface area contributed by atoms with Crippen LogP contribution in [0.3, 0.4) is 0 Å². The van der Waals surface area contributed by atoms with Crippen molar-refractivity contribution in [2.24, 2.45) is 0 Å². The lowest BCUT2D eigenvalue weighted by Gasteiger charge is -2.13. The van der Waals surface area contributed by atoms with Gasteiger partial charge in [0.25, 0.3) is 0 Å². The van der Waals surface area contributed by atoms with E-state index >= 15 is 0 Å². The maximum absolute atomic E-state index is 11.9. The Morgan fingerprint density at radius 1 is 1.53 bits per heavy atom. The van der Waals surface area contributed by atoms with Gasteiger partial charge in [-0.1, -0.05) is 6.92 Å². The molecule has 5 heteroatoms. The van der Waals surface area contributed by atoms with E-state index in [4.69, 9.17) is 0 Å². The molecule has 1 heterocycles. The van der Waals surface area contributed by atoms with Crippen molar-refractivity contribution in [1.82, 2.24) is 4.90 Å². The van der Waals surface area contributed by atoms with Gasteiger partial charge < -0.3 is 0 Å². The van der Waals surface area contributed by atoms with E-state index in [1.807, 2.05) is 18.0 Å². The van der Waals surface area contributed by atoms with Gasteiger partial charge in [0.2, 0.25) is 0 Å². The molecule has 0 fully saturated rings. The van der Waals surface area contributed by atoms with E-state index in [0.29, 0.717) is 6.54 Å². The van der Waals surface area contributed by atoms with Crippen molar-refractivity contribution in [2.75, 3.05) is 20.1 Å². The number of hydrogen-bond donors (Lipinski definition) is 0. The van der Waals surface area contributed by atoms with Crippen LogP contribution in [0.2, 0.25) is 0 Å². The molecule has 0 aromatic carbocycles. The van der Waals surface area contributed by atoms with Gasteiger partial charge in [0.15, 0.2) is 5.78 Å². The van der Waals surface area contributed by atoms with Gasteiger partial charge in [0, 0.05) is 5.56 Å². The van der Waals surface area contributed by atoms with Crippen molar-refractivity contribution in [3.8, 4) is 0 Å². The molecule has 0 amide bonds. The van der Waals surface area contributed by atoms with Crippen molar-refractivity contribution < 1.29 is 4.79 Å². The predicted octanol–water partition coefficient (Wildman–Crippen LogP) is 3.80. The lowest BCUT2D eigenvalue weighted by molar-refractivity contribution is 0.0946. The monoisotopic (exact) mass is 353 g/mol. The molecule has 1 aromatic heterocycles. The third-order valence-electron chi connectivity index (χ3n) is 1.98. The van der Waals surface area contributed by atoms with E-state index in [0.717, 1.165) is 26.1 Å². The topological polar surface area (TPSA) is 20.3 Å². The highest BCUT2D eigenvalue weighted by Crippen LogP contribution is 2.32. The van der Waals surface area contributed by atoms with Gasteiger partial charge in [-0.15, -0.1) is 11.3 Å². The Labute approximate surface area is 111 Å². The second-order valence-corrected chi connectivity index (χ2v) is 7.15. The van der Waals surface area contributed by atoms with Crippen molar-refractivity contribution in [3.05, 3.63) is 19.2 Å². The Bertz CT molecular complexity index is 351. The molecule has 0 bridgehead atoms. The summed E-state index contributed by atoms with van der Waals surface area (Å²) >= 11 is 8.30. The van der Waals surface area contributed by atoms with Crippen LogP contribution in [0.1, 0.15) is 23.7 Å². The zero-order chi connectivity index (χ0) is 11.4. The number of thiophene rings is 1. The Morgan fingerprint density at radius 3 is 2.67 bits per heavy atom. The Hall–Kier alpha value is 0.290. The number of halogens is 2. The normalized spacial score (nSPS) is 11.0.